The third-order valence-corrected chi connectivity index (χ3v) is 17.2. The number of amides is 2. The number of aromatic nitrogens is 4. The fourth-order valence-corrected chi connectivity index (χ4v) is 12.7. The largest absolute Gasteiger partial charge is 0.481 e. The second kappa shape index (κ2) is 33.0. The summed E-state index contributed by atoms with van der Waals surface area (Å²) < 4.78 is 26.7. The van der Waals surface area contributed by atoms with Crippen molar-refractivity contribution in [2.45, 2.75) is 61.4 Å². The number of rotatable bonds is 24. The summed E-state index contributed by atoms with van der Waals surface area (Å²) in [5, 5.41) is 23.4. The average Bonchev–Trinajstić information content (AvgIpc) is 0.737. The minimum atomic E-state index is -1.10. The van der Waals surface area contributed by atoms with Crippen molar-refractivity contribution < 1.29 is 57.9 Å². The number of carbonyl (C=O) groups excluding carboxylic acids is 4. The number of nitrogens with zero attached hydrogens (tertiary/aromatic N) is 6. The summed E-state index contributed by atoms with van der Waals surface area (Å²) >= 11 is 0. The van der Waals surface area contributed by atoms with E-state index in [1.807, 2.05) is 109 Å². The highest BCUT2D eigenvalue weighted by atomic mass is 16.6. The van der Waals surface area contributed by atoms with Crippen LogP contribution in [0.4, 0.5) is 11.6 Å². The second-order valence-electron chi connectivity index (χ2n) is 23.7. The van der Waals surface area contributed by atoms with E-state index in [1.165, 1.54) is 33.7 Å². The number of benzene rings is 8. The van der Waals surface area contributed by atoms with Gasteiger partial charge in [-0.3, -0.25) is 47.7 Å². The van der Waals surface area contributed by atoms with Gasteiger partial charge < -0.3 is 39.8 Å². The Morgan fingerprint density at radius 2 is 0.660 bits per heavy atom. The molecule has 22 nitrogen and oxygen atoms in total. The molecule has 2 aliphatic heterocycles. The maximum absolute atomic E-state index is 13.6. The number of anilines is 2. The number of ether oxygens (including phenoxy) is 4. The zero-order chi connectivity index (χ0) is 69.9. The molecule has 4 N–H and O–H groups in total. The number of carbonyl (C=O) groups is 6. The molecule has 22 heteroatoms. The van der Waals surface area contributed by atoms with Crippen LogP contribution in [0, 0.1) is 0 Å². The van der Waals surface area contributed by atoms with Crippen molar-refractivity contribution in [3.05, 3.63) is 333 Å². The first-order chi connectivity index (χ1) is 48.7. The molecule has 2 aliphatic rings. The fourth-order valence-electron chi connectivity index (χ4n) is 12.7. The Morgan fingerprint density at radius 1 is 0.390 bits per heavy atom. The zero-order valence-corrected chi connectivity index (χ0v) is 54.3. The van der Waals surface area contributed by atoms with Crippen LogP contribution in [-0.2, 0) is 49.2 Å². The lowest BCUT2D eigenvalue weighted by molar-refractivity contribution is -0.171. The third-order valence-electron chi connectivity index (χ3n) is 17.2. The first kappa shape index (κ1) is 69.5. The molecule has 0 bridgehead atoms. The van der Waals surface area contributed by atoms with Crippen LogP contribution in [0.1, 0.15) is 92.2 Å². The van der Waals surface area contributed by atoms with Gasteiger partial charge in [0, 0.05) is 49.7 Å². The lowest BCUT2D eigenvalue weighted by Crippen LogP contribution is -2.58. The Morgan fingerprint density at radius 3 is 0.920 bits per heavy atom. The van der Waals surface area contributed by atoms with Crippen LogP contribution in [-0.4, -0.2) is 126 Å². The van der Waals surface area contributed by atoms with E-state index in [4.69, 9.17) is 29.2 Å². The predicted octanol–water partition coefficient (Wildman–Crippen LogP) is 10.2. The lowest BCUT2D eigenvalue weighted by Gasteiger charge is -2.50. The van der Waals surface area contributed by atoms with Gasteiger partial charge in [0.15, 0.2) is 12.5 Å². The van der Waals surface area contributed by atoms with Crippen LogP contribution >= 0.6 is 0 Å². The van der Waals surface area contributed by atoms with Crippen LogP contribution in [0.15, 0.2) is 277 Å². The molecule has 0 saturated carbocycles. The molecule has 2 aromatic heterocycles. The number of hydrogen-bond donors (Lipinski definition) is 4. The van der Waals surface area contributed by atoms with E-state index in [-0.39, 0.29) is 76.7 Å². The summed E-state index contributed by atoms with van der Waals surface area (Å²) in [5.74, 6) is -4.17. The summed E-state index contributed by atoms with van der Waals surface area (Å²) in [6, 6.07) is 80.5. The molecule has 4 atom stereocenters. The number of hydrogen-bond acceptors (Lipinski definition) is 16. The summed E-state index contributed by atoms with van der Waals surface area (Å²) in [6.45, 7) is 0.670. The standard InChI is InChI=1S/2C39H36N4O7/c2*44-35(45)21-22-36(46)49-27-32-25-42(26-34(50-32)43-24-23-33(41-38(43)48)40-37(47)28-13-5-1-6-14-28)39(29-15-7-2-8-16-29,30-17-9-3-10-18-30)31-19-11-4-12-20-31/h2*1-20,23-24,32,34H,21-22,25-27H2,(H,44,45)(H,40,41,47,48)/t2*32-,34+/m00/s1. The quantitative estimate of drug-likeness (QED) is 0.0323. The molecule has 2 amide bonds. The number of carboxylic acid groups (broad SMARTS) is 2. The highest BCUT2D eigenvalue weighted by Crippen LogP contribution is 2.46. The summed E-state index contributed by atoms with van der Waals surface area (Å²) in [6.07, 6.45) is -1.44. The molecule has 0 spiro atoms. The minimum Gasteiger partial charge on any atom is -0.481 e. The molecule has 10 aromatic rings. The van der Waals surface area contributed by atoms with Gasteiger partial charge in [-0.15, -0.1) is 0 Å². The number of aliphatic carboxylic acids is 2. The lowest BCUT2D eigenvalue weighted by atomic mass is 9.75. The van der Waals surface area contributed by atoms with E-state index in [0.717, 1.165) is 33.4 Å². The minimum absolute atomic E-state index is 0.0869. The van der Waals surface area contributed by atoms with E-state index in [0.29, 0.717) is 11.1 Å². The van der Waals surface area contributed by atoms with E-state index in [1.54, 1.807) is 60.7 Å². The number of carboxylic acids is 2. The molecular weight excluding hydrogens is 1270 g/mol. The Hall–Kier alpha value is -11.8. The van der Waals surface area contributed by atoms with E-state index < -0.39 is 82.8 Å². The summed E-state index contributed by atoms with van der Waals surface area (Å²) in [4.78, 5) is 113. The predicted molar refractivity (Wildman–Crippen MR) is 371 cm³/mol. The van der Waals surface area contributed by atoms with Crippen LogP contribution in [0.5, 0.6) is 0 Å². The van der Waals surface area contributed by atoms with Crippen LogP contribution in [0.25, 0.3) is 0 Å². The SMILES string of the molecule is O=C(O)CCC(=O)OC[C@@H]1CN(C(c2ccccc2)(c2ccccc2)c2ccccc2)C[C@H](n2ccc(NC(=O)c3ccccc3)nc2=O)O1.O=C(O)CCC(=O)OC[C@@H]1CN(C(c2ccccc2)(c2ccccc2)c2ccccc2)C[C@H](n2ccc(NC(=O)c3ccccc3)nc2=O)O1. The van der Waals surface area contributed by atoms with Gasteiger partial charge in [-0.25, -0.2) is 9.59 Å². The maximum atomic E-state index is 13.6. The van der Waals surface area contributed by atoms with E-state index in [9.17, 15) is 38.4 Å². The van der Waals surface area contributed by atoms with Crippen molar-refractivity contribution in [1.82, 2.24) is 28.9 Å². The summed E-state index contributed by atoms with van der Waals surface area (Å²) in [7, 11) is 0. The van der Waals surface area contributed by atoms with Crippen molar-refractivity contribution in [1.29, 1.82) is 0 Å². The van der Waals surface area contributed by atoms with Gasteiger partial charge in [0.25, 0.3) is 11.8 Å². The Bertz CT molecular complexity index is 4040. The highest BCUT2D eigenvalue weighted by molar-refractivity contribution is 6.04. The summed E-state index contributed by atoms with van der Waals surface area (Å²) in [5.41, 5.74) is 3.62. The van der Waals surface area contributed by atoms with Crippen molar-refractivity contribution in [2.24, 2.45) is 0 Å². The molecule has 8 aromatic carbocycles. The fraction of sp³-hybridized carbons (Fsp3) is 0.205. The van der Waals surface area contributed by atoms with E-state index >= 15 is 0 Å². The molecule has 12 rings (SSSR count). The molecule has 0 aliphatic carbocycles. The van der Waals surface area contributed by atoms with Crippen LogP contribution in [0.3, 0.4) is 0 Å². The first-order valence-electron chi connectivity index (χ1n) is 32.5. The van der Waals surface area contributed by atoms with Gasteiger partial charge >= 0.3 is 35.3 Å². The van der Waals surface area contributed by atoms with Crippen molar-refractivity contribution in [3.63, 3.8) is 0 Å². The van der Waals surface area contributed by atoms with Gasteiger partial charge in [0.1, 0.15) is 37.1 Å². The third kappa shape index (κ3) is 16.6. The Kier molecular flexibility index (Phi) is 22.9. The number of morpholine rings is 2. The first-order valence-corrected chi connectivity index (χ1v) is 32.5. The topological polar surface area (TPSA) is 280 Å². The molecular formula is C78H72N8O14. The van der Waals surface area contributed by atoms with Gasteiger partial charge in [-0.1, -0.05) is 218 Å². The number of esters is 2. The highest BCUT2D eigenvalue weighted by Gasteiger charge is 2.49. The molecule has 508 valence electrons. The van der Waals surface area contributed by atoms with Crippen molar-refractivity contribution in [2.75, 3.05) is 50.0 Å². The smallest absolute Gasteiger partial charge is 0.351 e. The number of nitrogens with one attached hydrogen (secondary N) is 2. The Balaban J connectivity index is 0.000000202. The van der Waals surface area contributed by atoms with Crippen molar-refractivity contribution in [3.8, 4) is 0 Å². The van der Waals surface area contributed by atoms with E-state index in [2.05, 4.69) is 103 Å². The van der Waals surface area contributed by atoms with Gasteiger partial charge in [0.05, 0.1) is 36.8 Å². The molecule has 2 fully saturated rings. The normalized spacial score (nSPS) is 16.3. The average molecular weight is 1350 g/mol. The van der Waals surface area contributed by atoms with Gasteiger partial charge in [-0.05, 0) is 69.8 Å². The zero-order valence-electron chi connectivity index (χ0n) is 54.3. The molecule has 100 heavy (non-hydrogen) atoms. The van der Waals surface area contributed by atoms with Crippen LogP contribution < -0.4 is 22.0 Å². The molecule has 0 radical (unpaired) electrons. The Labute approximate surface area is 575 Å². The monoisotopic (exact) mass is 1340 g/mol. The molecule has 2 saturated heterocycles. The second-order valence-corrected chi connectivity index (χ2v) is 23.7. The maximum Gasteiger partial charge on any atom is 0.351 e. The van der Waals surface area contributed by atoms with Crippen LogP contribution in [0.2, 0.25) is 0 Å². The molecule has 4 heterocycles. The van der Waals surface area contributed by atoms with Gasteiger partial charge in [0.2, 0.25) is 0 Å². The van der Waals surface area contributed by atoms with Crippen molar-refractivity contribution >= 4 is 47.3 Å². The molecule has 0 unspecified atom stereocenters. The van der Waals surface area contributed by atoms with Gasteiger partial charge in [-0.2, -0.15) is 9.97 Å².